The Hall–Kier alpha value is -3.06. The Morgan fingerprint density at radius 3 is 2.41 bits per heavy atom. The van der Waals surface area contributed by atoms with Crippen molar-refractivity contribution in [1.82, 2.24) is 10.8 Å². The predicted molar refractivity (Wildman–Crippen MR) is 102 cm³/mol. The number of carbonyl (C=O) groups excluding carboxylic acids is 2. The third kappa shape index (κ3) is 6.00. The number of hydrogen-bond donors (Lipinski definition) is 4. The average Bonchev–Trinajstić information content (AvgIpc) is 2.59. The number of rotatable bonds is 4. The molecule has 0 radical (unpaired) electrons. The maximum atomic E-state index is 12.3. The first kappa shape index (κ1) is 20.3. The molecule has 0 unspecified atom stereocenters. The van der Waals surface area contributed by atoms with Gasteiger partial charge in [-0.25, -0.2) is 5.48 Å². The van der Waals surface area contributed by atoms with Gasteiger partial charge in [-0.15, -0.1) is 0 Å². The Labute approximate surface area is 159 Å². The first-order valence-corrected chi connectivity index (χ1v) is 8.64. The topological polar surface area (TPSA) is 104 Å². The van der Waals surface area contributed by atoms with E-state index in [1.165, 1.54) is 17.5 Å². The molecule has 140 valence electrons. The van der Waals surface area contributed by atoms with Gasteiger partial charge in [-0.3, -0.25) is 14.8 Å². The van der Waals surface area contributed by atoms with Crippen LogP contribution in [0.3, 0.4) is 0 Å². The monoisotopic (exact) mass is 365 g/mol. The number of hydrogen-bond acceptors (Lipinski definition) is 4. The Bertz CT molecular complexity index is 850. The van der Waals surface area contributed by atoms with Crippen LogP contribution in [0, 0.1) is 23.7 Å². The molecule has 1 aromatic rings. The second kappa shape index (κ2) is 9.05. The highest BCUT2D eigenvalue weighted by atomic mass is 16.5. The molecule has 5 N–H and O–H groups in total. The fourth-order valence-corrected chi connectivity index (χ4v) is 2.38. The predicted octanol–water partition coefficient (Wildman–Crippen LogP) is 1.49. The minimum Gasteiger partial charge on any atom is -0.338 e. The molecule has 1 aliphatic rings. The van der Waals surface area contributed by atoms with Crippen molar-refractivity contribution in [2.24, 2.45) is 5.73 Å². The van der Waals surface area contributed by atoms with Gasteiger partial charge in [0.05, 0.1) is 0 Å². The van der Waals surface area contributed by atoms with Crippen LogP contribution in [0.15, 0.2) is 35.9 Å². The Morgan fingerprint density at radius 2 is 1.89 bits per heavy atom. The Balaban J connectivity index is 2.01. The molecule has 6 heteroatoms. The fourth-order valence-electron chi connectivity index (χ4n) is 2.38. The average molecular weight is 365 g/mol. The highest BCUT2D eigenvalue weighted by Gasteiger charge is 2.33. The van der Waals surface area contributed by atoms with Crippen molar-refractivity contribution in [3.05, 3.63) is 47.0 Å². The van der Waals surface area contributed by atoms with Gasteiger partial charge >= 0.3 is 0 Å². The van der Waals surface area contributed by atoms with Crippen molar-refractivity contribution >= 4 is 11.8 Å². The standard InChI is InChI=1S/C21H23N3O3/c1-21(2,22)18(20(26)24-27)23-19(25)17-13-11-16(12-14-17)8-5-3-4-7-15-9-6-10-15/h7,11-14,18,27H,6,9-10,22H2,1-2H3,(H,23,25)(H,24,26)/t18-/m1/s1. The molecule has 0 bridgehead atoms. The van der Waals surface area contributed by atoms with Gasteiger partial charge in [0.1, 0.15) is 6.04 Å². The van der Waals surface area contributed by atoms with Crippen LogP contribution in [0.2, 0.25) is 0 Å². The van der Waals surface area contributed by atoms with Crippen molar-refractivity contribution < 1.29 is 14.8 Å². The molecule has 1 fully saturated rings. The van der Waals surface area contributed by atoms with E-state index in [-0.39, 0.29) is 0 Å². The SMILES string of the molecule is CC(C)(N)[C@H](NC(=O)c1ccc(C#CC#CC=C2CCC2)cc1)C(=O)NO. The van der Waals surface area contributed by atoms with Gasteiger partial charge in [-0.05, 0) is 75.3 Å². The van der Waals surface area contributed by atoms with E-state index in [0.717, 1.165) is 18.4 Å². The van der Waals surface area contributed by atoms with Gasteiger partial charge < -0.3 is 11.1 Å². The molecular formula is C21H23N3O3. The van der Waals surface area contributed by atoms with E-state index in [1.54, 1.807) is 38.1 Å². The zero-order chi connectivity index (χ0) is 19.9. The molecule has 0 saturated heterocycles. The number of nitrogens with two attached hydrogens (primary N) is 1. The summed E-state index contributed by atoms with van der Waals surface area (Å²) in [5, 5.41) is 11.3. The van der Waals surface area contributed by atoms with E-state index >= 15 is 0 Å². The van der Waals surface area contributed by atoms with Crippen molar-refractivity contribution in [2.75, 3.05) is 0 Å². The summed E-state index contributed by atoms with van der Waals surface area (Å²) in [6.45, 7) is 3.15. The zero-order valence-corrected chi connectivity index (χ0v) is 15.4. The third-order valence-electron chi connectivity index (χ3n) is 4.15. The number of carbonyl (C=O) groups is 2. The van der Waals surface area contributed by atoms with Gasteiger partial charge in [-0.2, -0.15) is 0 Å². The van der Waals surface area contributed by atoms with Crippen LogP contribution >= 0.6 is 0 Å². The molecule has 1 aliphatic carbocycles. The second-order valence-electron chi connectivity index (χ2n) is 6.96. The summed E-state index contributed by atoms with van der Waals surface area (Å²) in [6.07, 6.45) is 5.43. The lowest BCUT2D eigenvalue weighted by molar-refractivity contribution is -0.132. The van der Waals surface area contributed by atoms with Crippen LogP contribution < -0.4 is 16.5 Å². The summed E-state index contributed by atoms with van der Waals surface area (Å²) in [5.74, 6) is 10.1. The quantitative estimate of drug-likeness (QED) is 0.369. The van der Waals surface area contributed by atoms with Gasteiger partial charge in [0.2, 0.25) is 0 Å². The molecular weight excluding hydrogens is 342 g/mol. The van der Waals surface area contributed by atoms with Gasteiger partial charge in [0.15, 0.2) is 0 Å². The summed E-state index contributed by atoms with van der Waals surface area (Å²) in [6, 6.07) is 5.50. The number of hydroxylamine groups is 1. The normalized spacial score (nSPS) is 13.7. The van der Waals surface area contributed by atoms with Crippen LogP contribution in [0.5, 0.6) is 0 Å². The number of allylic oxidation sites excluding steroid dienone is 2. The maximum Gasteiger partial charge on any atom is 0.267 e. The van der Waals surface area contributed by atoms with Crippen LogP contribution in [-0.2, 0) is 4.79 Å². The van der Waals surface area contributed by atoms with Crippen molar-refractivity contribution in [2.45, 2.75) is 44.7 Å². The van der Waals surface area contributed by atoms with E-state index < -0.39 is 23.4 Å². The van der Waals surface area contributed by atoms with Gasteiger partial charge in [0, 0.05) is 16.7 Å². The molecule has 1 atom stereocenters. The van der Waals surface area contributed by atoms with E-state index in [4.69, 9.17) is 10.9 Å². The molecule has 1 saturated carbocycles. The molecule has 2 amide bonds. The zero-order valence-electron chi connectivity index (χ0n) is 15.4. The molecule has 0 heterocycles. The van der Waals surface area contributed by atoms with Gasteiger partial charge in [-0.1, -0.05) is 17.4 Å². The van der Waals surface area contributed by atoms with Crippen LogP contribution in [0.1, 0.15) is 49.0 Å². The Kier molecular flexibility index (Phi) is 6.79. The number of benzene rings is 1. The first-order chi connectivity index (χ1) is 12.8. The molecule has 1 aromatic carbocycles. The molecule has 0 aliphatic heterocycles. The van der Waals surface area contributed by atoms with Crippen molar-refractivity contribution in [3.63, 3.8) is 0 Å². The first-order valence-electron chi connectivity index (χ1n) is 8.64. The molecule has 6 nitrogen and oxygen atoms in total. The van der Waals surface area contributed by atoms with Crippen LogP contribution in [-0.4, -0.2) is 28.6 Å². The van der Waals surface area contributed by atoms with E-state index in [9.17, 15) is 9.59 Å². The van der Waals surface area contributed by atoms with Gasteiger partial charge in [0.25, 0.3) is 11.8 Å². The lowest BCUT2D eigenvalue weighted by atomic mass is 9.92. The summed E-state index contributed by atoms with van der Waals surface area (Å²) < 4.78 is 0. The molecule has 27 heavy (non-hydrogen) atoms. The molecule has 0 spiro atoms. The van der Waals surface area contributed by atoms with Crippen LogP contribution in [0.4, 0.5) is 0 Å². The van der Waals surface area contributed by atoms with Crippen molar-refractivity contribution in [3.8, 4) is 23.7 Å². The second-order valence-corrected chi connectivity index (χ2v) is 6.96. The number of amides is 2. The maximum absolute atomic E-state index is 12.3. The smallest absolute Gasteiger partial charge is 0.267 e. The summed E-state index contributed by atoms with van der Waals surface area (Å²) in [4.78, 5) is 24.1. The summed E-state index contributed by atoms with van der Waals surface area (Å²) in [7, 11) is 0. The minimum absolute atomic E-state index is 0.348. The lowest BCUT2D eigenvalue weighted by Gasteiger charge is -2.29. The molecule has 0 aromatic heterocycles. The fraction of sp³-hybridized carbons (Fsp3) is 0.333. The highest BCUT2D eigenvalue weighted by Crippen LogP contribution is 2.24. The van der Waals surface area contributed by atoms with E-state index in [2.05, 4.69) is 29.0 Å². The number of nitrogens with one attached hydrogen (secondary N) is 2. The largest absolute Gasteiger partial charge is 0.338 e. The van der Waals surface area contributed by atoms with E-state index in [0.29, 0.717) is 5.56 Å². The molecule has 2 rings (SSSR count). The van der Waals surface area contributed by atoms with Crippen LogP contribution in [0.25, 0.3) is 0 Å². The Morgan fingerprint density at radius 1 is 1.22 bits per heavy atom. The van der Waals surface area contributed by atoms with Crippen molar-refractivity contribution in [1.29, 1.82) is 0 Å². The lowest BCUT2D eigenvalue weighted by Crippen LogP contribution is -2.61. The van der Waals surface area contributed by atoms with E-state index in [1.807, 2.05) is 6.08 Å². The highest BCUT2D eigenvalue weighted by molar-refractivity contribution is 5.97. The summed E-state index contributed by atoms with van der Waals surface area (Å²) >= 11 is 0. The minimum atomic E-state index is -1.09. The summed E-state index contributed by atoms with van der Waals surface area (Å²) in [5.41, 5.74) is 8.80. The third-order valence-corrected chi connectivity index (χ3v) is 4.15.